The summed E-state index contributed by atoms with van der Waals surface area (Å²) in [7, 11) is 2.57. The van der Waals surface area contributed by atoms with Gasteiger partial charge in [-0.25, -0.2) is 14.3 Å². The predicted molar refractivity (Wildman–Crippen MR) is 133 cm³/mol. The van der Waals surface area contributed by atoms with Gasteiger partial charge in [0.05, 0.1) is 10.6 Å². The van der Waals surface area contributed by atoms with E-state index >= 15 is 0 Å². The summed E-state index contributed by atoms with van der Waals surface area (Å²) in [4.78, 5) is 50.0. The van der Waals surface area contributed by atoms with Crippen molar-refractivity contribution in [2.45, 2.75) is 0 Å². The van der Waals surface area contributed by atoms with Crippen molar-refractivity contribution in [3.8, 4) is 16.3 Å². The minimum absolute atomic E-state index is 0.288. The van der Waals surface area contributed by atoms with Crippen molar-refractivity contribution in [2.75, 3.05) is 12.3 Å². The van der Waals surface area contributed by atoms with Gasteiger partial charge < -0.3 is 10.5 Å². The van der Waals surface area contributed by atoms with Crippen LogP contribution in [-0.4, -0.2) is 37.3 Å². The molecule has 0 bridgehead atoms. The van der Waals surface area contributed by atoms with E-state index in [0.29, 0.717) is 11.3 Å². The SMILES string of the molecule is Cn1c(N)c(C(=O)COC(=O)/C=C/c2cn(-c3ccccc3)nc2-c2cccs2)c(=O)n(C)c1=O. The van der Waals surface area contributed by atoms with Crippen LogP contribution in [0, 0.1) is 0 Å². The van der Waals surface area contributed by atoms with Crippen LogP contribution in [0.15, 0.2) is 69.7 Å². The van der Waals surface area contributed by atoms with Crippen LogP contribution in [0.1, 0.15) is 15.9 Å². The number of aromatic nitrogens is 4. The van der Waals surface area contributed by atoms with Crippen LogP contribution < -0.4 is 17.0 Å². The molecular formula is C24H21N5O5S. The topological polar surface area (TPSA) is 131 Å². The Morgan fingerprint density at radius 3 is 2.51 bits per heavy atom. The Kier molecular flexibility index (Phi) is 6.60. The molecule has 0 saturated heterocycles. The summed E-state index contributed by atoms with van der Waals surface area (Å²) >= 11 is 1.51. The molecule has 11 heteroatoms. The van der Waals surface area contributed by atoms with Gasteiger partial charge >= 0.3 is 11.7 Å². The van der Waals surface area contributed by atoms with Gasteiger partial charge in [-0.05, 0) is 29.7 Å². The van der Waals surface area contributed by atoms with Crippen molar-refractivity contribution in [1.29, 1.82) is 0 Å². The zero-order chi connectivity index (χ0) is 25.1. The Morgan fingerprint density at radius 1 is 1.09 bits per heavy atom. The molecule has 0 aliphatic heterocycles. The largest absolute Gasteiger partial charge is 0.454 e. The molecule has 0 aliphatic rings. The first-order valence-corrected chi connectivity index (χ1v) is 11.3. The molecule has 10 nitrogen and oxygen atoms in total. The van der Waals surface area contributed by atoms with Crippen molar-refractivity contribution in [2.24, 2.45) is 14.1 Å². The summed E-state index contributed by atoms with van der Waals surface area (Å²) in [5, 5.41) is 6.58. The summed E-state index contributed by atoms with van der Waals surface area (Å²) in [5.41, 5.74) is 6.07. The number of benzene rings is 1. The molecule has 35 heavy (non-hydrogen) atoms. The summed E-state index contributed by atoms with van der Waals surface area (Å²) in [5.74, 6) is -1.89. The summed E-state index contributed by atoms with van der Waals surface area (Å²) in [6, 6.07) is 13.4. The second kappa shape index (κ2) is 9.77. The molecule has 4 rings (SSSR count). The maximum Gasteiger partial charge on any atom is 0.332 e. The number of nitrogen functional groups attached to an aromatic ring is 1. The number of carbonyl (C=O) groups excluding carboxylic acids is 2. The number of nitrogens with zero attached hydrogens (tertiary/aromatic N) is 4. The molecule has 0 saturated carbocycles. The standard InChI is InChI=1S/C24H21N5O5S/c1-27-22(25)20(23(32)28(2)24(27)33)17(30)14-34-19(31)11-10-15-13-29(16-7-4-3-5-8-16)26-21(15)18-9-6-12-35-18/h3-13H,14,25H2,1-2H3/b11-10+. The molecular weight excluding hydrogens is 470 g/mol. The molecule has 3 aromatic heterocycles. The molecule has 0 radical (unpaired) electrons. The lowest BCUT2D eigenvalue weighted by molar-refractivity contribution is -0.136. The third-order valence-electron chi connectivity index (χ3n) is 5.25. The van der Waals surface area contributed by atoms with Crippen molar-refractivity contribution in [3.05, 3.63) is 92.1 Å². The third kappa shape index (κ3) is 4.75. The fourth-order valence-corrected chi connectivity index (χ4v) is 4.09. The van der Waals surface area contributed by atoms with Gasteiger partial charge in [0, 0.05) is 31.9 Å². The zero-order valence-electron chi connectivity index (χ0n) is 18.9. The Balaban J connectivity index is 1.53. The van der Waals surface area contributed by atoms with E-state index in [1.807, 2.05) is 47.8 Å². The van der Waals surface area contributed by atoms with Crippen LogP contribution in [0.25, 0.3) is 22.3 Å². The van der Waals surface area contributed by atoms with E-state index in [4.69, 9.17) is 10.5 Å². The van der Waals surface area contributed by atoms with E-state index in [9.17, 15) is 19.2 Å². The van der Waals surface area contributed by atoms with Crippen LogP contribution in [0.5, 0.6) is 0 Å². The van der Waals surface area contributed by atoms with Crippen molar-refractivity contribution >= 4 is 35.0 Å². The van der Waals surface area contributed by atoms with Gasteiger partial charge in [0.1, 0.15) is 17.1 Å². The number of hydrogen-bond acceptors (Lipinski definition) is 8. The molecule has 0 unspecified atom stereocenters. The molecule has 0 spiro atoms. The normalized spacial score (nSPS) is 11.1. The second-order valence-corrected chi connectivity index (χ2v) is 8.47. The monoisotopic (exact) mass is 491 g/mol. The number of carbonyl (C=O) groups is 2. The minimum atomic E-state index is -0.851. The lowest BCUT2D eigenvalue weighted by Crippen LogP contribution is -2.42. The lowest BCUT2D eigenvalue weighted by atomic mass is 10.2. The Labute approximate surface area is 203 Å². The molecule has 178 valence electrons. The molecule has 2 N–H and O–H groups in total. The van der Waals surface area contributed by atoms with E-state index < -0.39 is 35.2 Å². The molecule has 4 aromatic rings. The summed E-state index contributed by atoms with van der Waals surface area (Å²) in [6.07, 6.45) is 4.51. The number of ketones is 1. The van der Waals surface area contributed by atoms with Gasteiger partial charge in [-0.2, -0.15) is 5.10 Å². The van der Waals surface area contributed by atoms with Crippen LogP contribution in [-0.2, 0) is 23.6 Å². The molecule has 0 atom stereocenters. The fraction of sp³-hybridized carbons (Fsp3) is 0.125. The highest BCUT2D eigenvalue weighted by Gasteiger charge is 2.21. The number of para-hydroxylation sites is 1. The summed E-state index contributed by atoms with van der Waals surface area (Å²) < 4.78 is 8.49. The van der Waals surface area contributed by atoms with Gasteiger partial charge in [0.2, 0.25) is 5.78 Å². The van der Waals surface area contributed by atoms with Crippen LogP contribution in [0.3, 0.4) is 0 Å². The number of nitrogens with two attached hydrogens (primary N) is 1. The van der Waals surface area contributed by atoms with E-state index in [0.717, 1.165) is 19.7 Å². The van der Waals surface area contributed by atoms with Gasteiger partial charge in [-0.15, -0.1) is 11.3 Å². The molecule has 3 heterocycles. The number of rotatable bonds is 7. The number of anilines is 1. The minimum Gasteiger partial charge on any atom is -0.454 e. The van der Waals surface area contributed by atoms with Crippen LogP contribution >= 0.6 is 11.3 Å². The molecule has 0 aliphatic carbocycles. The number of Topliss-reactive ketones (excluding diaryl/α,β-unsaturated/α-hetero) is 1. The first-order chi connectivity index (χ1) is 16.8. The smallest absolute Gasteiger partial charge is 0.332 e. The average molecular weight is 492 g/mol. The van der Waals surface area contributed by atoms with Crippen molar-refractivity contribution in [1.82, 2.24) is 18.9 Å². The van der Waals surface area contributed by atoms with Gasteiger partial charge in [-0.3, -0.25) is 18.7 Å². The van der Waals surface area contributed by atoms with Gasteiger partial charge in [0.25, 0.3) is 5.56 Å². The van der Waals surface area contributed by atoms with Crippen LogP contribution in [0.2, 0.25) is 0 Å². The van der Waals surface area contributed by atoms with E-state index in [1.54, 1.807) is 17.0 Å². The van der Waals surface area contributed by atoms with E-state index in [2.05, 4.69) is 5.10 Å². The number of ether oxygens (including phenoxy) is 1. The third-order valence-corrected chi connectivity index (χ3v) is 6.13. The lowest BCUT2D eigenvalue weighted by Gasteiger charge is -2.10. The number of hydrogen-bond donors (Lipinski definition) is 1. The van der Waals surface area contributed by atoms with Crippen LogP contribution in [0.4, 0.5) is 5.82 Å². The number of thiophene rings is 1. The Hall–Kier alpha value is -4.51. The first-order valence-electron chi connectivity index (χ1n) is 10.4. The predicted octanol–water partition coefficient (Wildman–Crippen LogP) is 2.02. The highest BCUT2D eigenvalue weighted by Crippen LogP contribution is 2.28. The maximum atomic E-state index is 12.5. The molecule has 0 fully saturated rings. The maximum absolute atomic E-state index is 12.5. The molecule has 1 aromatic carbocycles. The fourth-order valence-electron chi connectivity index (χ4n) is 3.36. The summed E-state index contributed by atoms with van der Waals surface area (Å²) in [6.45, 7) is -0.706. The first kappa shape index (κ1) is 23.6. The van der Waals surface area contributed by atoms with E-state index in [-0.39, 0.29) is 5.82 Å². The van der Waals surface area contributed by atoms with Crippen molar-refractivity contribution < 1.29 is 14.3 Å². The van der Waals surface area contributed by atoms with Crippen molar-refractivity contribution in [3.63, 3.8) is 0 Å². The Bertz CT molecular complexity index is 1550. The highest BCUT2D eigenvalue weighted by molar-refractivity contribution is 7.13. The van der Waals surface area contributed by atoms with Gasteiger partial charge in [-0.1, -0.05) is 24.3 Å². The second-order valence-electron chi connectivity index (χ2n) is 7.52. The quantitative estimate of drug-likeness (QED) is 0.238. The molecule has 0 amide bonds. The zero-order valence-corrected chi connectivity index (χ0v) is 19.7. The Morgan fingerprint density at radius 2 is 1.83 bits per heavy atom. The van der Waals surface area contributed by atoms with E-state index in [1.165, 1.54) is 31.5 Å². The number of esters is 1. The highest BCUT2D eigenvalue weighted by atomic mass is 32.1. The average Bonchev–Trinajstić information content (AvgIpc) is 3.54. The van der Waals surface area contributed by atoms with Gasteiger partial charge in [0.15, 0.2) is 6.61 Å².